The maximum absolute atomic E-state index is 10.8. The Balaban J connectivity index is 1.82. The Hall–Kier alpha value is -2.18. The zero-order valence-corrected chi connectivity index (χ0v) is 13.8. The van der Waals surface area contributed by atoms with Crippen LogP contribution in [-0.4, -0.2) is 23.1 Å². The molecule has 0 amide bonds. The lowest BCUT2D eigenvalue weighted by atomic mass is 9.94. The Kier molecular flexibility index (Phi) is 5.27. The van der Waals surface area contributed by atoms with Gasteiger partial charge in [-0.25, -0.2) is 4.98 Å². The van der Waals surface area contributed by atoms with Crippen LogP contribution in [0.25, 0.3) is 0 Å². The summed E-state index contributed by atoms with van der Waals surface area (Å²) in [4.78, 5) is 14.4. The predicted octanol–water partition coefficient (Wildman–Crippen LogP) is 4.22. The van der Waals surface area contributed by atoms with Gasteiger partial charge in [0.25, 0.3) is 5.69 Å². The molecule has 1 fully saturated rings. The zero-order valence-electron chi connectivity index (χ0n) is 13.0. The molecule has 2 atom stereocenters. The van der Waals surface area contributed by atoms with Crippen molar-refractivity contribution in [3.8, 4) is 0 Å². The van der Waals surface area contributed by atoms with Crippen molar-refractivity contribution in [3.05, 3.63) is 63.3 Å². The van der Waals surface area contributed by atoms with Crippen molar-refractivity contribution < 1.29 is 9.66 Å². The highest BCUT2D eigenvalue weighted by atomic mass is 35.5. The molecule has 3 rings (SSSR count). The van der Waals surface area contributed by atoms with E-state index in [-0.39, 0.29) is 16.8 Å². The van der Waals surface area contributed by atoms with E-state index in [4.69, 9.17) is 16.3 Å². The lowest BCUT2D eigenvalue weighted by Gasteiger charge is -2.23. The van der Waals surface area contributed by atoms with Gasteiger partial charge >= 0.3 is 0 Å². The Morgan fingerprint density at radius 2 is 2.21 bits per heavy atom. The van der Waals surface area contributed by atoms with Crippen molar-refractivity contribution in [2.24, 2.45) is 5.92 Å². The van der Waals surface area contributed by atoms with Crippen LogP contribution in [0.2, 0.25) is 5.02 Å². The molecule has 0 bridgehead atoms. The quantitative estimate of drug-likeness (QED) is 0.625. The number of halogens is 1. The second-order valence-electron chi connectivity index (χ2n) is 5.85. The molecule has 1 aliphatic heterocycles. The number of nitrogens with zero attached hydrogens (tertiary/aromatic N) is 2. The second kappa shape index (κ2) is 7.59. The number of ether oxygens (including phenoxy) is 1. The molecule has 1 N–H and O–H groups in total. The molecule has 126 valence electrons. The SMILES string of the molecule is O=[N+]([O-])c1cnc(NC(CC2CCOC2)c2ccccc2)c(Cl)c1. The maximum atomic E-state index is 10.8. The van der Waals surface area contributed by atoms with E-state index in [1.165, 1.54) is 12.3 Å². The number of rotatable bonds is 6. The standard InChI is InChI=1S/C17H18ClN3O3/c18-15-9-14(21(22)23)10-19-17(15)20-16(8-12-6-7-24-11-12)13-4-2-1-3-5-13/h1-5,9-10,12,16H,6-8,11H2,(H,19,20). The van der Waals surface area contributed by atoms with Gasteiger partial charge in [-0.1, -0.05) is 41.9 Å². The number of nitro groups is 1. The Morgan fingerprint density at radius 1 is 1.42 bits per heavy atom. The summed E-state index contributed by atoms with van der Waals surface area (Å²) in [5, 5.41) is 14.4. The van der Waals surface area contributed by atoms with Crippen molar-refractivity contribution in [2.75, 3.05) is 18.5 Å². The Morgan fingerprint density at radius 3 is 2.83 bits per heavy atom. The van der Waals surface area contributed by atoms with Crippen LogP contribution >= 0.6 is 11.6 Å². The van der Waals surface area contributed by atoms with Crippen molar-refractivity contribution >= 4 is 23.1 Å². The van der Waals surface area contributed by atoms with Gasteiger partial charge in [-0.05, 0) is 24.3 Å². The van der Waals surface area contributed by atoms with E-state index in [0.29, 0.717) is 11.7 Å². The molecule has 1 aromatic carbocycles. The third-order valence-corrected chi connectivity index (χ3v) is 4.43. The normalized spacial score (nSPS) is 18.3. The van der Waals surface area contributed by atoms with E-state index in [0.717, 1.165) is 31.6 Å². The lowest BCUT2D eigenvalue weighted by Crippen LogP contribution is -2.17. The molecular formula is C17H18ClN3O3. The molecule has 1 aromatic heterocycles. The molecule has 1 saturated heterocycles. The molecule has 2 heterocycles. The van der Waals surface area contributed by atoms with Crippen molar-refractivity contribution in [3.63, 3.8) is 0 Å². The Bertz CT molecular complexity index is 705. The van der Waals surface area contributed by atoms with Crippen molar-refractivity contribution in [1.29, 1.82) is 0 Å². The van der Waals surface area contributed by atoms with Gasteiger partial charge in [0.05, 0.1) is 16.0 Å². The van der Waals surface area contributed by atoms with Gasteiger partial charge in [-0.3, -0.25) is 10.1 Å². The van der Waals surface area contributed by atoms with Gasteiger partial charge in [0, 0.05) is 19.3 Å². The van der Waals surface area contributed by atoms with E-state index in [2.05, 4.69) is 10.3 Å². The number of pyridine rings is 1. The fraction of sp³-hybridized carbons (Fsp3) is 0.353. The highest BCUT2D eigenvalue weighted by molar-refractivity contribution is 6.33. The highest BCUT2D eigenvalue weighted by Crippen LogP contribution is 2.32. The van der Waals surface area contributed by atoms with Gasteiger partial charge in [0.2, 0.25) is 0 Å². The summed E-state index contributed by atoms with van der Waals surface area (Å²) < 4.78 is 5.47. The lowest BCUT2D eigenvalue weighted by molar-refractivity contribution is -0.385. The third-order valence-electron chi connectivity index (χ3n) is 4.14. The summed E-state index contributed by atoms with van der Waals surface area (Å²) in [7, 11) is 0. The molecule has 0 radical (unpaired) electrons. The van der Waals surface area contributed by atoms with E-state index in [1.54, 1.807) is 0 Å². The van der Waals surface area contributed by atoms with Crippen LogP contribution in [0, 0.1) is 16.0 Å². The summed E-state index contributed by atoms with van der Waals surface area (Å²) in [5.41, 5.74) is 1.01. The number of hydrogen-bond donors (Lipinski definition) is 1. The first kappa shape index (κ1) is 16.7. The molecule has 7 heteroatoms. The fourth-order valence-corrected chi connectivity index (χ4v) is 3.08. The van der Waals surface area contributed by atoms with Gasteiger partial charge in [-0.2, -0.15) is 0 Å². The highest BCUT2D eigenvalue weighted by Gasteiger charge is 2.23. The summed E-state index contributed by atoms with van der Waals surface area (Å²) >= 11 is 6.17. The minimum absolute atomic E-state index is 0.0179. The zero-order chi connectivity index (χ0) is 16.9. The van der Waals surface area contributed by atoms with Crippen LogP contribution in [0.3, 0.4) is 0 Å². The fourth-order valence-electron chi connectivity index (χ4n) is 2.87. The van der Waals surface area contributed by atoms with Crippen molar-refractivity contribution in [2.45, 2.75) is 18.9 Å². The minimum Gasteiger partial charge on any atom is -0.381 e. The van der Waals surface area contributed by atoms with Gasteiger partial charge in [0.15, 0.2) is 0 Å². The first-order valence-electron chi connectivity index (χ1n) is 7.82. The Labute approximate surface area is 145 Å². The summed E-state index contributed by atoms with van der Waals surface area (Å²) in [6, 6.07) is 11.4. The first-order chi connectivity index (χ1) is 11.6. The van der Waals surface area contributed by atoms with E-state index in [9.17, 15) is 10.1 Å². The van der Waals surface area contributed by atoms with Gasteiger partial charge in [0.1, 0.15) is 12.0 Å². The van der Waals surface area contributed by atoms with Crippen LogP contribution in [0.4, 0.5) is 11.5 Å². The van der Waals surface area contributed by atoms with Crippen LogP contribution in [0.1, 0.15) is 24.4 Å². The summed E-state index contributed by atoms with van der Waals surface area (Å²) in [6.07, 6.45) is 3.14. The van der Waals surface area contributed by atoms with Crippen molar-refractivity contribution in [1.82, 2.24) is 4.98 Å². The number of nitrogens with one attached hydrogen (secondary N) is 1. The molecule has 0 spiro atoms. The van der Waals surface area contributed by atoms with Crippen LogP contribution < -0.4 is 5.32 Å². The van der Waals surface area contributed by atoms with Gasteiger partial charge in [-0.15, -0.1) is 0 Å². The maximum Gasteiger partial charge on any atom is 0.289 e. The molecule has 6 nitrogen and oxygen atoms in total. The van der Waals surface area contributed by atoms with E-state index >= 15 is 0 Å². The monoisotopic (exact) mass is 347 g/mol. The topological polar surface area (TPSA) is 77.3 Å². The average molecular weight is 348 g/mol. The predicted molar refractivity (Wildman–Crippen MR) is 92.3 cm³/mol. The number of hydrogen-bond acceptors (Lipinski definition) is 5. The molecule has 0 saturated carbocycles. The van der Waals surface area contributed by atoms with Crippen LogP contribution in [0.15, 0.2) is 42.6 Å². The molecule has 0 aliphatic carbocycles. The smallest absolute Gasteiger partial charge is 0.289 e. The van der Waals surface area contributed by atoms with E-state index in [1.807, 2.05) is 30.3 Å². The molecular weight excluding hydrogens is 330 g/mol. The molecule has 2 unspecified atom stereocenters. The minimum atomic E-state index is -0.507. The number of aromatic nitrogens is 1. The van der Waals surface area contributed by atoms with Gasteiger partial charge < -0.3 is 10.1 Å². The molecule has 1 aliphatic rings. The van der Waals surface area contributed by atoms with E-state index < -0.39 is 4.92 Å². The molecule has 24 heavy (non-hydrogen) atoms. The first-order valence-corrected chi connectivity index (χ1v) is 8.20. The summed E-state index contributed by atoms with van der Waals surface area (Å²) in [6.45, 7) is 1.55. The average Bonchev–Trinajstić information content (AvgIpc) is 3.09. The summed E-state index contributed by atoms with van der Waals surface area (Å²) in [5.74, 6) is 0.926. The van der Waals surface area contributed by atoms with Crippen LogP contribution in [-0.2, 0) is 4.74 Å². The molecule has 2 aromatic rings. The number of anilines is 1. The largest absolute Gasteiger partial charge is 0.381 e. The second-order valence-corrected chi connectivity index (χ2v) is 6.26. The third kappa shape index (κ3) is 4.01. The number of benzene rings is 1. The van der Waals surface area contributed by atoms with Crippen LogP contribution in [0.5, 0.6) is 0 Å².